The topological polar surface area (TPSA) is 120 Å². The third-order valence-corrected chi connectivity index (χ3v) is 8.35. The number of allylic oxidation sites excluding steroid dienone is 1. The summed E-state index contributed by atoms with van der Waals surface area (Å²) in [6.45, 7) is 3.40. The van der Waals surface area contributed by atoms with Crippen LogP contribution in [0.5, 0.6) is 0 Å². The Balaban J connectivity index is 1.42. The molecule has 0 radical (unpaired) electrons. The van der Waals surface area contributed by atoms with Crippen molar-refractivity contribution >= 4 is 5.97 Å². The van der Waals surface area contributed by atoms with Crippen LogP contribution in [0.1, 0.15) is 135 Å². The fourth-order valence-corrected chi connectivity index (χ4v) is 5.94. The zero-order chi connectivity index (χ0) is 29.6. The number of carbonyl (C=O) groups excluding carboxylic acids is 1. The summed E-state index contributed by atoms with van der Waals surface area (Å²) in [5.74, 6) is -0.767. The molecule has 0 aromatic carbocycles. The summed E-state index contributed by atoms with van der Waals surface area (Å²) < 4.78 is 23.1. The van der Waals surface area contributed by atoms with Gasteiger partial charge in [-0.3, -0.25) is 0 Å². The van der Waals surface area contributed by atoms with Crippen LogP contribution < -0.4 is 5.73 Å². The Morgan fingerprint density at radius 1 is 0.951 bits per heavy atom. The van der Waals surface area contributed by atoms with Crippen LogP contribution in [0, 0.1) is 0 Å². The molecule has 2 saturated heterocycles. The highest BCUT2D eigenvalue weighted by Crippen LogP contribution is 2.44. The molecule has 2 bridgehead atoms. The second-order valence-corrected chi connectivity index (χ2v) is 12.1. The number of fused-ring (bicyclic) bond motifs is 2. The van der Waals surface area contributed by atoms with Crippen LogP contribution in [0.4, 0.5) is 0 Å². The molecule has 0 aromatic rings. The van der Waals surface area contributed by atoms with Gasteiger partial charge in [0.15, 0.2) is 5.79 Å². The highest BCUT2D eigenvalue weighted by molar-refractivity contribution is 5.81. The molecule has 2 unspecified atom stereocenters. The van der Waals surface area contributed by atoms with Crippen molar-refractivity contribution in [3.63, 3.8) is 0 Å². The van der Waals surface area contributed by atoms with E-state index in [1.54, 1.807) is 6.92 Å². The average molecular weight is 584 g/mol. The molecule has 2 aliphatic rings. The summed E-state index contributed by atoms with van der Waals surface area (Å²) >= 11 is 0. The molecule has 4 N–H and O–H groups in total. The van der Waals surface area contributed by atoms with E-state index in [-0.39, 0.29) is 30.8 Å². The van der Waals surface area contributed by atoms with Crippen LogP contribution in [-0.4, -0.2) is 72.8 Å². The molecule has 0 aromatic heterocycles. The minimum atomic E-state index is -0.487. The van der Waals surface area contributed by atoms with Crippen LogP contribution in [0.3, 0.4) is 0 Å². The highest BCUT2D eigenvalue weighted by Gasteiger charge is 2.52. The fourth-order valence-electron chi connectivity index (χ4n) is 5.94. The van der Waals surface area contributed by atoms with Gasteiger partial charge in [0.05, 0.1) is 38.1 Å². The summed E-state index contributed by atoms with van der Waals surface area (Å²) in [6.07, 6.45) is 25.4. The maximum Gasteiger partial charge on any atom is 0.330 e. The van der Waals surface area contributed by atoms with E-state index in [1.807, 2.05) is 6.08 Å². The lowest BCUT2D eigenvalue weighted by atomic mass is 9.94. The lowest BCUT2D eigenvalue weighted by Gasteiger charge is -2.33. The number of esters is 1. The monoisotopic (exact) mass is 583 g/mol. The van der Waals surface area contributed by atoms with Crippen LogP contribution in [-0.2, 0) is 23.7 Å². The number of hydrogen-bond donors (Lipinski definition) is 3. The van der Waals surface area contributed by atoms with Crippen molar-refractivity contribution in [2.45, 2.75) is 165 Å². The van der Waals surface area contributed by atoms with Crippen molar-refractivity contribution < 1.29 is 34.0 Å². The lowest BCUT2D eigenvalue weighted by Crippen LogP contribution is -2.41. The summed E-state index contributed by atoms with van der Waals surface area (Å²) in [5, 5.41) is 19.3. The number of aliphatic hydroxyl groups is 2. The molecule has 2 rings (SSSR count). The molecule has 240 valence electrons. The Morgan fingerprint density at radius 3 is 2.22 bits per heavy atom. The molecule has 8 heteroatoms. The number of unbranched alkanes of at least 4 members (excludes halogenated alkanes) is 14. The van der Waals surface area contributed by atoms with Gasteiger partial charge < -0.3 is 34.9 Å². The number of hydrogen-bond acceptors (Lipinski definition) is 8. The fraction of sp³-hybridized carbons (Fsp3) is 0.909. The summed E-state index contributed by atoms with van der Waals surface area (Å²) in [5.41, 5.74) is 5.61. The van der Waals surface area contributed by atoms with E-state index in [4.69, 9.17) is 29.8 Å². The zero-order valence-corrected chi connectivity index (χ0v) is 25.9. The summed E-state index contributed by atoms with van der Waals surface area (Å²) in [6, 6.07) is -0.248. The quantitative estimate of drug-likeness (QED) is 0.0635. The molecular formula is C33H61NO7. The molecule has 41 heavy (non-hydrogen) atoms. The molecule has 2 fully saturated rings. The van der Waals surface area contributed by atoms with Crippen molar-refractivity contribution in [1.29, 1.82) is 0 Å². The minimum Gasteiger partial charge on any atom is -0.463 e. The summed E-state index contributed by atoms with van der Waals surface area (Å²) in [4.78, 5) is 11.4. The first-order chi connectivity index (χ1) is 20.0. The van der Waals surface area contributed by atoms with Gasteiger partial charge in [-0.05, 0) is 45.4 Å². The Hall–Kier alpha value is -1.03. The lowest BCUT2D eigenvalue weighted by molar-refractivity contribution is -0.214. The summed E-state index contributed by atoms with van der Waals surface area (Å²) in [7, 11) is 0. The first kappa shape index (κ1) is 36.2. The van der Waals surface area contributed by atoms with Gasteiger partial charge in [0, 0.05) is 25.5 Å². The van der Waals surface area contributed by atoms with Crippen molar-refractivity contribution in [2.24, 2.45) is 5.73 Å². The molecule has 0 saturated carbocycles. The van der Waals surface area contributed by atoms with Crippen LogP contribution >= 0.6 is 0 Å². The van der Waals surface area contributed by atoms with E-state index in [0.717, 1.165) is 64.4 Å². The van der Waals surface area contributed by atoms with E-state index in [0.29, 0.717) is 13.2 Å². The maximum absolute atomic E-state index is 11.4. The third-order valence-electron chi connectivity index (χ3n) is 8.35. The van der Waals surface area contributed by atoms with Gasteiger partial charge in [0.2, 0.25) is 0 Å². The van der Waals surface area contributed by atoms with Gasteiger partial charge in [-0.2, -0.15) is 0 Å². The molecular weight excluding hydrogens is 522 g/mol. The van der Waals surface area contributed by atoms with E-state index in [2.05, 4.69) is 0 Å². The predicted octanol–water partition coefficient (Wildman–Crippen LogP) is 6.10. The van der Waals surface area contributed by atoms with Crippen LogP contribution in [0.2, 0.25) is 0 Å². The first-order valence-corrected chi connectivity index (χ1v) is 16.8. The average Bonchev–Trinajstić information content (AvgIpc) is 3.27. The number of nitrogens with two attached hydrogens (primary N) is 1. The van der Waals surface area contributed by atoms with Gasteiger partial charge >= 0.3 is 5.97 Å². The molecule has 5 atom stereocenters. The van der Waals surface area contributed by atoms with Crippen molar-refractivity contribution in [1.82, 2.24) is 0 Å². The Kier molecular flexibility index (Phi) is 19.8. The van der Waals surface area contributed by atoms with E-state index in [1.165, 1.54) is 76.7 Å². The maximum atomic E-state index is 11.4. The van der Waals surface area contributed by atoms with E-state index in [9.17, 15) is 9.90 Å². The molecule has 8 nitrogen and oxygen atoms in total. The van der Waals surface area contributed by atoms with Gasteiger partial charge in [-0.1, -0.05) is 83.1 Å². The van der Waals surface area contributed by atoms with Gasteiger partial charge in [-0.15, -0.1) is 0 Å². The van der Waals surface area contributed by atoms with E-state index < -0.39 is 11.9 Å². The normalized spacial score (nSPS) is 24.7. The van der Waals surface area contributed by atoms with Gasteiger partial charge in [0.1, 0.15) is 6.10 Å². The second kappa shape index (κ2) is 22.5. The van der Waals surface area contributed by atoms with Crippen LogP contribution in [0.25, 0.3) is 0 Å². The zero-order valence-electron chi connectivity index (χ0n) is 25.9. The second-order valence-electron chi connectivity index (χ2n) is 12.1. The third kappa shape index (κ3) is 15.8. The Morgan fingerprint density at radius 2 is 1.59 bits per heavy atom. The van der Waals surface area contributed by atoms with Crippen molar-refractivity contribution in [3.8, 4) is 0 Å². The highest BCUT2D eigenvalue weighted by atomic mass is 16.8. The van der Waals surface area contributed by atoms with Crippen molar-refractivity contribution in [2.75, 3.05) is 26.4 Å². The molecule has 0 amide bonds. The number of aliphatic hydroxyl groups excluding tert-OH is 2. The smallest absolute Gasteiger partial charge is 0.330 e. The molecule has 0 spiro atoms. The van der Waals surface area contributed by atoms with Crippen LogP contribution in [0.15, 0.2) is 12.2 Å². The molecule has 2 heterocycles. The van der Waals surface area contributed by atoms with Gasteiger partial charge in [0.25, 0.3) is 0 Å². The van der Waals surface area contributed by atoms with E-state index >= 15 is 0 Å². The Labute approximate surface area is 249 Å². The Bertz CT molecular complexity index is 690. The molecule has 0 aliphatic carbocycles. The number of carbonyl (C=O) groups is 1. The van der Waals surface area contributed by atoms with Crippen molar-refractivity contribution in [3.05, 3.63) is 12.2 Å². The SMILES string of the molecule is CCOC(=O)/C=C/CCCCC1O[C@@]2(CCCCCCCCCCCCCCCOCC(N)CO)CC[C@@H](O)[C@H]1O2. The van der Waals surface area contributed by atoms with Gasteiger partial charge in [-0.25, -0.2) is 4.79 Å². The number of ether oxygens (including phenoxy) is 4. The first-order valence-electron chi connectivity index (χ1n) is 16.8. The molecule has 2 aliphatic heterocycles. The standard InChI is InChI=1S/C33H61NO7/c1-2-39-31(37)21-17-13-12-16-20-30-32-29(36)22-24-33(40-30,41-32)23-18-14-10-8-6-4-3-5-7-9-11-15-19-25-38-27-28(34)26-35/h17,21,28-30,32,35-36H,2-16,18-20,22-27,34H2,1H3/b21-17+/t28?,29-,30?,32-,33-/m1/s1. The predicted molar refractivity (Wildman–Crippen MR) is 162 cm³/mol. The minimum absolute atomic E-state index is 0.0117. The largest absolute Gasteiger partial charge is 0.463 e. The number of rotatable bonds is 26.